The van der Waals surface area contributed by atoms with Crippen molar-refractivity contribution in [2.45, 2.75) is 60.7 Å². The number of rotatable bonds is 6. The predicted molar refractivity (Wildman–Crippen MR) is 120 cm³/mol. The van der Waals surface area contributed by atoms with E-state index in [0.717, 1.165) is 31.9 Å². The summed E-state index contributed by atoms with van der Waals surface area (Å²) in [5.74, 6) is 0.141. The zero-order valence-electron chi connectivity index (χ0n) is 18.4. The maximum absolute atomic E-state index is 13.0. The number of piperidine rings is 1. The first-order chi connectivity index (χ1) is 15.6. The van der Waals surface area contributed by atoms with Crippen molar-refractivity contribution in [1.29, 1.82) is 0 Å². The smallest absolute Gasteiger partial charge is 0.322 e. The number of amides is 1. The van der Waals surface area contributed by atoms with Gasteiger partial charge >= 0.3 is 6.01 Å². The lowest BCUT2D eigenvalue weighted by Crippen LogP contribution is -2.41. The van der Waals surface area contributed by atoms with E-state index in [1.165, 1.54) is 35.0 Å². The minimum absolute atomic E-state index is 0.0509. The third-order valence-corrected chi connectivity index (χ3v) is 9.33. The normalized spacial score (nSPS) is 19.4. The molecule has 180 valence electrons. The summed E-state index contributed by atoms with van der Waals surface area (Å²) in [5.41, 5.74) is 0. The lowest BCUT2D eigenvalue weighted by atomic mass is 9.89. The Morgan fingerprint density at radius 2 is 1.67 bits per heavy atom. The molecule has 0 radical (unpaired) electrons. The van der Waals surface area contributed by atoms with Crippen LogP contribution in [0.2, 0.25) is 0 Å². The third-order valence-electron chi connectivity index (χ3n) is 6.32. The number of nitrogens with zero attached hydrogens (tertiary/aromatic N) is 3. The van der Waals surface area contributed by atoms with E-state index in [-0.39, 0.29) is 46.6 Å². The van der Waals surface area contributed by atoms with E-state index in [1.807, 2.05) is 0 Å². The molecule has 2 fully saturated rings. The Morgan fingerprint density at radius 3 is 2.33 bits per heavy atom. The fraction of sp³-hybridized carbons (Fsp3) is 0.571. The van der Waals surface area contributed by atoms with Gasteiger partial charge in [0.2, 0.25) is 21.8 Å². The topological polar surface area (TPSA) is 140 Å². The van der Waals surface area contributed by atoms with Crippen LogP contribution in [0.3, 0.4) is 0 Å². The fourth-order valence-corrected chi connectivity index (χ4v) is 6.64. The highest BCUT2D eigenvalue weighted by Gasteiger charge is 2.33. The Bertz CT molecular complexity index is 1210. The number of sulfone groups is 1. The van der Waals surface area contributed by atoms with E-state index in [9.17, 15) is 21.6 Å². The van der Waals surface area contributed by atoms with Gasteiger partial charge in [-0.15, -0.1) is 5.10 Å². The van der Waals surface area contributed by atoms with Crippen molar-refractivity contribution in [3.63, 3.8) is 0 Å². The molecular formula is C21H28N4O6S2. The monoisotopic (exact) mass is 496 g/mol. The molecule has 1 saturated carbocycles. The predicted octanol–water partition coefficient (Wildman–Crippen LogP) is 2.56. The van der Waals surface area contributed by atoms with E-state index < -0.39 is 19.9 Å². The number of hydrogen-bond acceptors (Lipinski definition) is 8. The minimum Gasteiger partial charge on any atom is -0.408 e. The molecule has 10 nitrogen and oxygen atoms in total. The Labute approximate surface area is 193 Å². The number of carbonyl (C=O) groups excluding carboxylic acids is 1. The number of nitrogens with one attached hydrogen (secondary N) is 1. The van der Waals surface area contributed by atoms with Gasteiger partial charge < -0.3 is 4.42 Å². The van der Waals surface area contributed by atoms with Crippen LogP contribution in [0, 0.1) is 5.92 Å². The van der Waals surface area contributed by atoms with Gasteiger partial charge in [0, 0.05) is 31.2 Å². The first-order valence-electron chi connectivity index (χ1n) is 11.1. The average Bonchev–Trinajstić information content (AvgIpc) is 3.28. The first kappa shape index (κ1) is 23.8. The third kappa shape index (κ3) is 5.44. The molecule has 1 amide bonds. The molecule has 2 aromatic rings. The Kier molecular flexibility index (Phi) is 6.87. The number of hydrogen-bond donors (Lipinski definition) is 1. The molecule has 1 aromatic carbocycles. The summed E-state index contributed by atoms with van der Waals surface area (Å²) in [6.07, 6.45) is 7.20. The second-order valence-corrected chi connectivity index (χ2v) is 12.6. The lowest BCUT2D eigenvalue weighted by Gasteiger charge is -2.30. The van der Waals surface area contributed by atoms with Gasteiger partial charge in [-0.25, -0.2) is 16.8 Å². The Balaban J connectivity index is 1.35. The maximum Gasteiger partial charge on any atom is 0.322 e. The van der Waals surface area contributed by atoms with Gasteiger partial charge in [0.15, 0.2) is 9.84 Å². The van der Waals surface area contributed by atoms with Crippen LogP contribution in [0.25, 0.3) is 0 Å². The minimum atomic E-state index is -3.87. The molecule has 1 aliphatic heterocycles. The van der Waals surface area contributed by atoms with Gasteiger partial charge in [-0.1, -0.05) is 30.4 Å². The highest BCUT2D eigenvalue weighted by atomic mass is 32.2. The van der Waals surface area contributed by atoms with Crippen molar-refractivity contribution in [3.8, 4) is 0 Å². The highest BCUT2D eigenvalue weighted by Crippen LogP contribution is 2.32. The van der Waals surface area contributed by atoms with Crippen LogP contribution in [0.1, 0.15) is 56.8 Å². The molecule has 1 N–H and O–H groups in total. The summed E-state index contributed by atoms with van der Waals surface area (Å²) < 4.78 is 56.5. The van der Waals surface area contributed by atoms with Crippen LogP contribution in [0.5, 0.6) is 0 Å². The molecule has 0 atom stereocenters. The molecule has 0 bridgehead atoms. The van der Waals surface area contributed by atoms with E-state index in [4.69, 9.17) is 4.42 Å². The fourth-order valence-electron chi connectivity index (χ4n) is 4.38. The van der Waals surface area contributed by atoms with Crippen LogP contribution in [0.15, 0.2) is 38.5 Å². The van der Waals surface area contributed by atoms with Crippen LogP contribution in [0.4, 0.5) is 6.01 Å². The molecule has 0 spiro atoms. The number of sulfonamides is 1. The summed E-state index contributed by atoms with van der Waals surface area (Å²) in [6.45, 7) is 0.307. The van der Waals surface area contributed by atoms with Crippen molar-refractivity contribution in [2.75, 3.05) is 24.7 Å². The van der Waals surface area contributed by atoms with Gasteiger partial charge in [-0.05, 0) is 43.9 Å². The largest absolute Gasteiger partial charge is 0.408 e. The van der Waals surface area contributed by atoms with Crippen LogP contribution in [-0.4, -0.2) is 56.6 Å². The summed E-state index contributed by atoms with van der Waals surface area (Å²) >= 11 is 0. The molecule has 1 aliphatic carbocycles. The van der Waals surface area contributed by atoms with E-state index in [2.05, 4.69) is 15.5 Å². The molecule has 2 heterocycles. The van der Waals surface area contributed by atoms with Crippen molar-refractivity contribution in [2.24, 2.45) is 5.92 Å². The van der Waals surface area contributed by atoms with Gasteiger partial charge in [0.1, 0.15) is 0 Å². The van der Waals surface area contributed by atoms with Crippen LogP contribution >= 0.6 is 0 Å². The molecule has 12 heteroatoms. The van der Waals surface area contributed by atoms with Gasteiger partial charge in [0.25, 0.3) is 0 Å². The second kappa shape index (κ2) is 9.51. The maximum atomic E-state index is 13.0. The summed E-state index contributed by atoms with van der Waals surface area (Å²) in [5, 5.41) is 10.7. The number of anilines is 1. The van der Waals surface area contributed by atoms with Crippen molar-refractivity contribution >= 4 is 31.8 Å². The SMILES string of the molecule is CS(=O)(=O)c1cccc(S(=O)(=O)N2CCC(C(=O)Nc3nnc(C4CCCCC4)o3)CC2)c1. The molecule has 1 saturated heterocycles. The van der Waals surface area contributed by atoms with Crippen molar-refractivity contribution in [3.05, 3.63) is 30.2 Å². The van der Waals surface area contributed by atoms with Gasteiger partial charge in [-0.2, -0.15) is 4.31 Å². The Hall–Kier alpha value is -2.31. The van der Waals surface area contributed by atoms with E-state index in [0.29, 0.717) is 18.7 Å². The summed E-state index contributed by atoms with van der Waals surface area (Å²) in [7, 11) is -7.39. The Morgan fingerprint density at radius 1 is 1.00 bits per heavy atom. The number of aromatic nitrogens is 2. The molecule has 2 aliphatic rings. The van der Waals surface area contributed by atoms with E-state index >= 15 is 0 Å². The zero-order valence-corrected chi connectivity index (χ0v) is 20.1. The van der Waals surface area contributed by atoms with Crippen LogP contribution in [-0.2, 0) is 24.7 Å². The number of benzene rings is 1. The molecule has 4 rings (SSSR count). The second-order valence-electron chi connectivity index (χ2n) is 8.70. The highest BCUT2D eigenvalue weighted by molar-refractivity contribution is 7.91. The zero-order chi connectivity index (χ0) is 23.6. The summed E-state index contributed by atoms with van der Waals surface area (Å²) in [6, 6.07) is 5.40. The van der Waals surface area contributed by atoms with Crippen molar-refractivity contribution in [1.82, 2.24) is 14.5 Å². The molecule has 33 heavy (non-hydrogen) atoms. The van der Waals surface area contributed by atoms with Crippen molar-refractivity contribution < 1.29 is 26.0 Å². The quantitative estimate of drug-likeness (QED) is 0.644. The van der Waals surface area contributed by atoms with Gasteiger partial charge in [0.05, 0.1) is 9.79 Å². The standard InChI is InChI=1S/C21H28N4O6S2/c1-32(27,28)17-8-5-9-18(14-17)33(29,30)25-12-10-15(11-13-25)19(26)22-21-24-23-20(31-21)16-6-3-2-4-7-16/h5,8-9,14-16H,2-4,6-7,10-13H2,1H3,(H,22,24,26). The number of carbonyl (C=O) groups is 1. The summed E-state index contributed by atoms with van der Waals surface area (Å²) in [4.78, 5) is 12.5. The average molecular weight is 497 g/mol. The molecule has 1 aromatic heterocycles. The van der Waals surface area contributed by atoms with Gasteiger partial charge in [-0.3, -0.25) is 10.1 Å². The lowest BCUT2D eigenvalue weighted by molar-refractivity contribution is -0.121. The first-order valence-corrected chi connectivity index (χ1v) is 14.4. The van der Waals surface area contributed by atoms with Crippen LogP contribution < -0.4 is 5.32 Å². The molecule has 0 unspecified atom stereocenters. The van der Waals surface area contributed by atoms with E-state index in [1.54, 1.807) is 0 Å². The molecular weight excluding hydrogens is 468 g/mol.